The molecule has 0 aromatic rings. The Morgan fingerprint density at radius 2 is 0.914 bits per heavy atom. The summed E-state index contributed by atoms with van der Waals surface area (Å²) < 4.78 is 12.5. The molecule has 14 fully saturated rings. The third kappa shape index (κ3) is 3.60. The molecule has 16 aliphatic rings. The zero-order valence-electron chi connectivity index (χ0n) is 35.4. The zero-order chi connectivity index (χ0) is 39.1. The lowest BCUT2D eigenvalue weighted by atomic mass is 9.44. The second kappa shape index (κ2) is 9.70. The molecule has 2 heterocycles. The van der Waals surface area contributed by atoms with Crippen molar-refractivity contribution < 1.29 is 28.7 Å². The van der Waals surface area contributed by atoms with Crippen LogP contribution in [0.4, 0.5) is 0 Å². The molecule has 6 nitrogen and oxygen atoms in total. The number of esters is 2. The van der Waals surface area contributed by atoms with Gasteiger partial charge in [-0.25, -0.2) is 0 Å². The number of hydrogen-bond acceptors (Lipinski definition) is 6. The van der Waals surface area contributed by atoms with Crippen LogP contribution >= 0.6 is 0 Å². The van der Waals surface area contributed by atoms with E-state index in [2.05, 4.69) is 39.8 Å². The summed E-state index contributed by atoms with van der Waals surface area (Å²) >= 11 is 0. The smallest absolute Gasteiger partial charge is 0.306 e. The van der Waals surface area contributed by atoms with Gasteiger partial charge in [-0.3, -0.25) is 19.2 Å². The van der Waals surface area contributed by atoms with Crippen LogP contribution in [0.1, 0.15) is 143 Å². The lowest BCUT2D eigenvalue weighted by Gasteiger charge is -2.60. The van der Waals surface area contributed by atoms with Gasteiger partial charge in [0.25, 0.3) is 0 Å². The lowest BCUT2D eigenvalue weighted by molar-refractivity contribution is -0.178. The SMILES string of the molecule is C[C@]12CC3(CC3)C(=O)C=C1[C@@H]1CC1C1C2CC[C@@]2(C)C1[C@@H]1CC1[C@@]21CCC(=O)O1.C[C@]12CC3(CC3)C(=O)C=C1[C@H]1CC1C1C2CC[C@@]2(C)C1[C@@H]1CC1[C@@]21CCC(=O)O1. The Bertz CT molecular complexity index is 2010. The van der Waals surface area contributed by atoms with E-state index in [0.717, 1.165) is 111 Å². The van der Waals surface area contributed by atoms with E-state index in [-0.39, 0.29) is 55.6 Å². The van der Waals surface area contributed by atoms with Gasteiger partial charge in [-0.1, -0.05) is 38.8 Å². The van der Waals surface area contributed by atoms with E-state index in [4.69, 9.17) is 9.47 Å². The van der Waals surface area contributed by atoms with Gasteiger partial charge in [0.1, 0.15) is 11.2 Å². The Morgan fingerprint density at radius 1 is 0.500 bits per heavy atom. The van der Waals surface area contributed by atoms with Crippen LogP contribution in [0, 0.1) is 115 Å². The second-order valence-electron chi connectivity index (χ2n) is 25.8. The summed E-state index contributed by atoms with van der Waals surface area (Å²) in [5, 5.41) is 0. The maximum absolute atomic E-state index is 12.9. The summed E-state index contributed by atoms with van der Waals surface area (Å²) in [4.78, 5) is 50.2. The Kier molecular flexibility index (Phi) is 5.74. The van der Waals surface area contributed by atoms with Crippen molar-refractivity contribution in [2.45, 2.75) is 154 Å². The van der Waals surface area contributed by atoms with Crippen molar-refractivity contribution in [3.63, 3.8) is 0 Å². The van der Waals surface area contributed by atoms with Crippen LogP contribution in [0.3, 0.4) is 0 Å². The summed E-state index contributed by atoms with van der Waals surface area (Å²) in [5.41, 5.74) is 3.78. The molecule has 0 bridgehead atoms. The first kappa shape index (κ1) is 34.4. The molecule has 0 aromatic carbocycles. The standard InChI is InChI=1S/2C26H32O3/c2*1-23-12-25(7-8-25)19(27)11-17(23)13-9-14(13)21-16(23)3-5-24(2)22(21)15-10-18(15)26(24)6-4-20(28)29-26/h2*11,13-16,18,21-22H,3-10,12H2,1-2H3/t13-,14?,15+,16?,18?,21?,22?,23+,24-,26-;13-,14?,15-,16?,18?,21?,22?,23-,24+,26+/m01/s1. The first-order valence-electron chi connectivity index (χ1n) is 24.6. The summed E-state index contributed by atoms with van der Waals surface area (Å²) in [7, 11) is 0. The molecule has 14 aliphatic carbocycles. The van der Waals surface area contributed by atoms with E-state index in [9.17, 15) is 19.2 Å². The van der Waals surface area contributed by atoms with Crippen molar-refractivity contribution in [3.8, 4) is 0 Å². The van der Waals surface area contributed by atoms with Crippen LogP contribution in [0.15, 0.2) is 23.3 Å². The van der Waals surface area contributed by atoms with Gasteiger partial charge in [0.15, 0.2) is 11.6 Å². The van der Waals surface area contributed by atoms with Crippen LogP contribution in [0.5, 0.6) is 0 Å². The number of rotatable bonds is 0. The quantitative estimate of drug-likeness (QED) is 0.228. The molecule has 2 aliphatic heterocycles. The highest BCUT2D eigenvalue weighted by Crippen LogP contribution is 2.85. The van der Waals surface area contributed by atoms with Gasteiger partial charge in [0.05, 0.1) is 0 Å². The molecule has 16 rings (SSSR count). The highest BCUT2D eigenvalue weighted by Gasteiger charge is 2.83. The normalized spacial score (nSPS) is 61.9. The number of ketones is 2. The van der Waals surface area contributed by atoms with E-state index in [1.165, 1.54) is 51.4 Å². The average Bonchev–Trinajstić information content (AvgIpc) is 3.95. The number of allylic oxidation sites excluding steroid dienone is 2. The summed E-state index contributed by atoms with van der Waals surface area (Å²) in [6.45, 7) is 10.1. The molecule has 58 heavy (non-hydrogen) atoms. The van der Waals surface area contributed by atoms with Crippen LogP contribution in [0.25, 0.3) is 0 Å². The first-order valence-corrected chi connectivity index (χ1v) is 24.6. The van der Waals surface area contributed by atoms with Crippen molar-refractivity contribution in [1.82, 2.24) is 0 Å². The molecule has 10 unspecified atom stereocenters. The van der Waals surface area contributed by atoms with Gasteiger partial charge in [-0.15, -0.1) is 0 Å². The van der Waals surface area contributed by atoms with Gasteiger partial charge >= 0.3 is 11.9 Å². The molecule has 308 valence electrons. The maximum Gasteiger partial charge on any atom is 0.306 e. The number of ether oxygens (including phenoxy) is 2. The topological polar surface area (TPSA) is 86.7 Å². The van der Waals surface area contributed by atoms with E-state index in [1.54, 1.807) is 11.1 Å². The van der Waals surface area contributed by atoms with Gasteiger partial charge in [-0.05, 0) is 197 Å². The van der Waals surface area contributed by atoms with Gasteiger partial charge < -0.3 is 9.47 Å². The van der Waals surface area contributed by atoms with Crippen LogP contribution < -0.4 is 0 Å². The third-order valence-corrected chi connectivity index (χ3v) is 24.1. The largest absolute Gasteiger partial charge is 0.458 e. The Balaban J connectivity index is 0.000000112. The predicted molar refractivity (Wildman–Crippen MR) is 213 cm³/mol. The van der Waals surface area contributed by atoms with E-state index >= 15 is 0 Å². The highest BCUT2D eigenvalue weighted by molar-refractivity contribution is 5.99. The molecule has 6 heteroatoms. The molecule has 0 N–H and O–H groups in total. The molecular weight excluding hydrogens is 721 g/mol. The monoisotopic (exact) mass is 784 g/mol. The molecule has 2 saturated heterocycles. The first-order chi connectivity index (χ1) is 27.7. The molecule has 20 atom stereocenters. The van der Waals surface area contributed by atoms with Crippen molar-refractivity contribution in [2.75, 3.05) is 0 Å². The Morgan fingerprint density at radius 3 is 1.28 bits per heavy atom. The fraction of sp³-hybridized carbons (Fsp3) is 0.846. The van der Waals surface area contributed by atoms with Crippen molar-refractivity contribution in [3.05, 3.63) is 23.3 Å². The number of carbonyl (C=O) groups is 4. The predicted octanol–water partition coefficient (Wildman–Crippen LogP) is 9.39. The number of fused-ring (bicyclic) bond motifs is 24. The average molecular weight is 785 g/mol. The zero-order valence-corrected chi connectivity index (χ0v) is 35.4. The van der Waals surface area contributed by atoms with Gasteiger partial charge in [-0.2, -0.15) is 0 Å². The summed E-state index contributed by atoms with van der Waals surface area (Å²) in [6, 6.07) is 0. The molecule has 0 radical (unpaired) electrons. The van der Waals surface area contributed by atoms with Crippen LogP contribution in [0.2, 0.25) is 0 Å². The van der Waals surface area contributed by atoms with Crippen LogP contribution in [-0.4, -0.2) is 34.7 Å². The summed E-state index contributed by atoms with van der Waals surface area (Å²) in [5.74, 6) is 11.5. The second-order valence-corrected chi connectivity index (χ2v) is 25.8. The van der Waals surface area contributed by atoms with Gasteiger partial charge in [0, 0.05) is 46.3 Å². The molecule has 0 aromatic heterocycles. The molecule has 0 amide bonds. The Hall–Kier alpha value is -2.24. The van der Waals surface area contributed by atoms with E-state index in [0.29, 0.717) is 48.1 Å². The Labute approximate surface area is 344 Å². The third-order valence-electron chi connectivity index (χ3n) is 24.1. The van der Waals surface area contributed by atoms with Crippen LogP contribution in [-0.2, 0) is 28.7 Å². The van der Waals surface area contributed by atoms with E-state index < -0.39 is 0 Å². The number of hydrogen-bond donors (Lipinski definition) is 0. The highest BCUT2D eigenvalue weighted by atomic mass is 16.6. The van der Waals surface area contributed by atoms with Crippen molar-refractivity contribution in [1.29, 1.82) is 0 Å². The lowest BCUT2D eigenvalue weighted by Crippen LogP contribution is -2.58. The van der Waals surface area contributed by atoms with E-state index in [1.807, 2.05) is 0 Å². The van der Waals surface area contributed by atoms with Crippen molar-refractivity contribution >= 4 is 23.5 Å². The minimum absolute atomic E-state index is 0.0191. The molecular formula is C52H64O6. The minimum atomic E-state index is -0.133. The minimum Gasteiger partial charge on any atom is -0.458 e. The van der Waals surface area contributed by atoms with Gasteiger partial charge in [0.2, 0.25) is 0 Å². The maximum atomic E-state index is 12.9. The fourth-order valence-corrected chi connectivity index (χ4v) is 21.4. The summed E-state index contributed by atoms with van der Waals surface area (Å²) in [6.07, 6.45) is 24.5. The molecule has 4 spiro atoms. The molecule has 12 saturated carbocycles. The fourth-order valence-electron chi connectivity index (χ4n) is 21.4. The number of carbonyl (C=O) groups excluding carboxylic acids is 4. The van der Waals surface area contributed by atoms with Crippen molar-refractivity contribution in [2.24, 2.45) is 115 Å².